The number of hydrogen-bond acceptors (Lipinski definition) is 1. The van der Waals surface area contributed by atoms with Crippen molar-refractivity contribution in [3.05, 3.63) is 64.7 Å². The number of halogens is 1. The summed E-state index contributed by atoms with van der Waals surface area (Å²) in [4.78, 5) is 4.38. The largest absolute Gasteiger partial charge is 0.387 e. The summed E-state index contributed by atoms with van der Waals surface area (Å²) in [6.07, 6.45) is 0.630. The first-order chi connectivity index (χ1) is 8.63. The summed E-state index contributed by atoms with van der Waals surface area (Å²) < 4.78 is 0. The molecule has 0 saturated heterocycles. The Kier molecular flexibility index (Phi) is 4.00. The molecule has 0 spiro atoms. The molecule has 2 rings (SSSR count). The maximum atomic E-state index is 5.93. The number of aryl methyl sites for hydroxylation is 1. The van der Waals surface area contributed by atoms with Crippen molar-refractivity contribution >= 4 is 23.1 Å². The van der Waals surface area contributed by atoms with Gasteiger partial charge >= 0.3 is 0 Å². The fourth-order valence-corrected chi connectivity index (χ4v) is 1.76. The molecule has 0 saturated carbocycles. The molecule has 18 heavy (non-hydrogen) atoms. The highest BCUT2D eigenvalue weighted by Gasteiger charge is 1.98. The molecule has 3 heteroatoms. The average molecular weight is 259 g/mol. The van der Waals surface area contributed by atoms with Crippen LogP contribution in [0.1, 0.15) is 11.1 Å². The molecule has 0 aliphatic carbocycles. The zero-order valence-corrected chi connectivity index (χ0v) is 11.0. The molecular weight excluding hydrogens is 244 g/mol. The Morgan fingerprint density at radius 1 is 1.06 bits per heavy atom. The second-order valence-electron chi connectivity index (χ2n) is 4.24. The second kappa shape index (κ2) is 5.69. The molecule has 0 aromatic heterocycles. The predicted molar refractivity (Wildman–Crippen MR) is 77.6 cm³/mol. The number of aliphatic imine (C=N–C) groups is 1. The quantitative estimate of drug-likeness (QED) is 0.659. The highest BCUT2D eigenvalue weighted by molar-refractivity contribution is 6.30. The van der Waals surface area contributed by atoms with Gasteiger partial charge in [0.2, 0.25) is 0 Å². The van der Waals surface area contributed by atoms with E-state index in [0.717, 1.165) is 16.3 Å². The van der Waals surface area contributed by atoms with E-state index in [0.29, 0.717) is 12.3 Å². The van der Waals surface area contributed by atoms with E-state index in [4.69, 9.17) is 17.3 Å². The zero-order valence-electron chi connectivity index (χ0n) is 10.2. The number of hydrogen-bond donors (Lipinski definition) is 1. The van der Waals surface area contributed by atoms with Crippen molar-refractivity contribution < 1.29 is 0 Å². The van der Waals surface area contributed by atoms with Crippen LogP contribution in [0.25, 0.3) is 0 Å². The van der Waals surface area contributed by atoms with Gasteiger partial charge in [0.25, 0.3) is 0 Å². The van der Waals surface area contributed by atoms with Crippen LogP contribution in [0.5, 0.6) is 0 Å². The Hall–Kier alpha value is -1.80. The molecule has 92 valence electrons. The zero-order chi connectivity index (χ0) is 13.0. The molecule has 0 heterocycles. The number of nitrogens with zero attached hydrogens (tertiary/aromatic N) is 1. The topological polar surface area (TPSA) is 38.4 Å². The number of amidine groups is 1. The fraction of sp³-hybridized carbons (Fsp3) is 0.133. The summed E-state index contributed by atoms with van der Waals surface area (Å²) in [6, 6.07) is 15.6. The van der Waals surface area contributed by atoms with Crippen LogP contribution in [-0.4, -0.2) is 5.84 Å². The van der Waals surface area contributed by atoms with Gasteiger partial charge in [-0.05, 0) is 36.8 Å². The van der Waals surface area contributed by atoms with Gasteiger partial charge in [-0.3, -0.25) is 0 Å². The van der Waals surface area contributed by atoms with Crippen LogP contribution in [0.4, 0.5) is 5.69 Å². The van der Waals surface area contributed by atoms with Crippen molar-refractivity contribution in [2.45, 2.75) is 13.3 Å². The maximum absolute atomic E-state index is 5.93. The van der Waals surface area contributed by atoms with Crippen molar-refractivity contribution in [2.75, 3.05) is 0 Å². The van der Waals surface area contributed by atoms with Crippen LogP contribution in [0.3, 0.4) is 0 Å². The number of rotatable bonds is 3. The van der Waals surface area contributed by atoms with Crippen molar-refractivity contribution in [3.8, 4) is 0 Å². The van der Waals surface area contributed by atoms with Gasteiger partial charge in [-0.15, -0.1) is 0 Å². The molecule has 0 unspecified atom stereocenters. The van der Waals surface area contributed by atoms with E-state index < -0.39 is 0 Å². The molecule has 0 fully saturated rings. The highest BCUT2D eigenvalue weighted by Crippen LogP contribution is 2.14. The van der Waals surface area contributed by atoms with Crippen molar-refractivity contribution in [1.29, 1.82) is 0 Å². The van der Waals surface area contributed by atoms with Crippen LogP contribution in [0, 0.1) is 6.92 Å². The van der Waals surface area contributed by atoms with Gasteiger partial charge in [-0.2, -0.15) is 0 Å². The summed E-state index contributed by atoms with van der Waals surface area (Å²) in [6.45, 7) is 2.05. The minimum atomic E-state index is 0.598. The Morgan fingerprint density at radius 3 is 2.28 bits per heavy atom. The number of nitrogens with two attached hydrogens (primary N) is 1. The molecule has 0 aliphatic heterocycles. The minimum Gasteiger partial charge on any atom is -0.387 e. The van der Waals surface area contributed by atoms with Gasteiger partial charge in [0.15, 0.2) is 0 Å². The lowest BCUT2D eigenvalue weighted by atomic mass is 10.1. The summed E-state index contributed by atoms with van der Waals surface area (Å²) in [7, 11) is 0. The summed E-state index contributed by atoms with van der Waals surface area (Å²) in [5.41, 5.74) is 9.13. The maximum Gasteiger partial charge on any atom is 0.104 e. The average Bonchev–Trinajstić information content (AvgIpc) is 2.35. The molecule has 2 aromatic rings. The third-order valence-corrected chi connectivity index (χ3v) is 2.86. The van der Waals surface area contributed by atoms with Gasteiger partial charge < -0.3 is 5.73 Å². The molecule has 2 aromatic carbocycles. The third kappa shape index (κ3) is 3.60. The summed E-state index contributed by atoms with van der Waals surface area (Å²) >= 11 is 5.83. The number of benzene rings is 2. The smallest absolute Gasteiger partial charge is 0.104 e. The van der Waals surface area contributed by atoms with Gasteiger partial charge in [-0.25, -0.2) is 4.99 Å². The Balaban J connectivity index is 2.09. The standard InChI is InChI=1S/C15H15ClN2/c1-11-2-8-14(9-3-11)18-15(17)10-12-4-6-13(16)7-5-12/h2-9H,10H2,1H3,(H2,17,18). The highest BCUT2D eigenvalue weighted by atomic mass is 35.5. The first kappa shape index (κ1) is 12.7. The van der Waals surface area contributed by atoms with Gasteiger partial charge in [-0.1, -0.05) is 41.4 Å². The van der Waals surface area contributed by atoms with Crippen molar-refractivity contribution in [3.63, 3.8) is 0 Å². The monoisotopic (exact) mass is 258 g/mol. The lowest BCUT2D eigenvalue weighted by Gasteiger charge is -2.02. The predicted octanol–water partition coefficient (Wildman–Crippen LogP) is 3.88. The van der Waals surface area contributed by atoms with E-state index in [2.05, 4.69) is 4.99 Å². The van der Waals surface area contributed by atoms with E-state index >= 15 is 0 Å². The molecule has 0 atom stereocenters. The van der Waals surface area contributed by atoms with Crippen LogP contribution in [-0.2, 0) is 6.42 Å². The molecule has 0 aliphatic rings. The molecule has 2 N–H and O–H groups in total. The van der Waals surface area contributed by atoms with E-state index in [-0.39, 0.29) is 0 Å². The Morgan fingerprint density at radius 2 is 1.67 bits per heavy atom. The van der Waals surface area contributed by atoms with Crippen molar-refractivity contribution in [2.24, 2.45) is 10.7 Å². The van der Waals surface area contributed by atoms with E-state index in [9.17, 15) is 0 Å². The van der Waals surface area contributed by atoms with E-state index in [1.54, 1.807) is 0 Å². The Labute approximate surface area is 112 Å². The van der Waals surface area contributed by atoms with E-state index in [1.807, 2.05) is 55.5 Å². The normalized spacial score (nSPS) is 11.6. The van der Waals surface area contributed by atoms with Crippen molar-refractivity contribution in [1.82, 2.24) is 0 Å². The van der Waals surface area contributed by atoms with Crippen LogP contribution in [0.15, 0.2) is 53.5 Å². The molecule has 2 nitrogen and oxygen atoms in total. The first-order valence-electron chi connectivity index (χ1n) is 5.77. The Bertz CT molecular complexity index is 542. The van der Waals surface area contributed by atoms with Crippen LogP contribution in [0.2, 0.25) is 5.02 Å². The lowest BCUT2D eigenvalue weighted by molar-refractivity contribution is 1.27. The van der Waals surface area contributed by atoms with Crippen LogP contribution < -0.4 is 5.73 Å². The second-order valence-corrected chi connectivity index (χ2v) is 4.68. The molecule has 0 radical (unpaired) electrons. The minimum absolute atomic E-state index is 0.598. The first-order valence-corrected chi connectivity index (χ1v) is 6.15. The molecule has 0 amide bonds. The van der Waals surface area contributed by atoms with Gasteiger partial charge in [0, 0.05) is 11.4 Å². The third-order valence-electron chi connectivity index (χ3n) is 2.61. The SMILES string of the molecule is Cc1ccc(N=C(N)Cc2ccc(Cl)cc2)cc1. The van der Waals surface area contributed by atoms with Gasteiger partial charge in [0.05, 0.1) is 5.69 Å². The summed E-state index contributed by atoms with van der Waals surface area (Å²) in [5.74, 6) is 0.598. The van der Waals surface area contributed by atoms with Crippen LogP contribution >= 0.6 is 11.6 Å². The lowest BCUT2D eigenvalue weighted by Crippen LogP contribution is -2.14. The fourth-order valence-electron chi connectivity index (χ4n) is 1.64. The van der Waals surface area contributed by atoms with Gasteiger partial charge in [0.1, 0.15) is 5.84 Å². The van der Waals surface area contributed by atoms with E-state index in [1.165, 1.54) is 5.56 Å². The summed E-state index contributed by atoms with van der Waals surface area (Å²) in [5, 5.41) is 0.729. The molecular formula is C15H15ClN2. The molecule has 0 bridgehead atoms.